The van der Waals surface area contributed by atoms with Crippen LogP contribution in [0.4, 0.5) is 0 Å². The van der Waals surface area contributed by atoms with Crippen LogP contribution in [-0.2, 0) is 9.59 Å². The van der Waals surface area contributed by atoms with Gasteiger partial charge in [-0.2, -0.15) is 0 Å². The molecule has 7 nitrogen and oxygen atoms in total. The maximum absolute atomic E-state index is 13.0. The summed E-state index contributed by atoms with van der Waals surface area (Å²) in [7, 11) is 0. The minimum absolute atomic E-state index is 0.126. The number of hydrogen-bond donors (Lipinski definition) is 1. The zero-order valence-corrected chi connectivity index (χ0v) is 16.7. The summed E-state index contributed by atoms with van der Waals surface area (Å²) in [5.41, 5.74) is 1.72. The van der Waals surface area contributed by atoms with Gasteiger partial charge in [0.05, 0.1) is 18.8 Å². The summed E-state index contributed by atoms with van der Waals surface area (Å²) in [4.78, 5) is 31.4. The molecule has 0 aliphatic carbocycles. The number of carbonyl (C=O) groups excluding carboxylic acids is 2. The van der Waals surface area contributed by atoms with E-state index in [1.165, 1.54) is 4.90 Å². The van der Waals surface area contributed by atoms with Crippen LogP contribution in [0, 0.1) is 0 Å². The van der Waals surface area contributed by atoms with Crippen LogP contribution < -0.4 is 4.74 Å². The third kappa shape index (κ3) is 4.05. The Hall–Kier alpha value is -2.38. The van der Waals surface area contributed by atoms with E-state index in [-0.39, 0.29) is 18.4 Å². The predicted molar refractivity (Wildman–Crippen MR) is 107 cm³/mol. The molecule has 1 N–H and O–H groups in total. The van der Waals surface area contributed by atoms with Crippen LogP contribution in [0.1, 0.15) is 25.8 Å². The Kier molecular flexibility index (Phi) is 6.70. The lowest BCUT2D eigenvalue weighted by atomic mass is 10.0. The summed E-state index contributed by atoms with van der Waals surface area (Å²) in [6.07, 6.45) is 0.928. The van der Waals surface area contributed by atoms with Gasteiger partial charge in [-0.3, -0.25) is 19.4 Å². The predicted octanol–water partition coefficient (Wildman–Crippen LogP) is 1.19. The first kappa shape index (κ1) is 20.4. The molecule has 0 bridgehead atoms. The molecule has 0 spiro atoms. The quantitative estimate of drug-likeness (QED) is 0.676. The molecule has 0 radical (unpaired) electrons. The fourth-order valence-electron chi connectivity index (χ4n) is 3.68. The molecule has 7 heteroatoms. The van der Waals surface area contributed by atoms with Gasteiger partial charge in [0.15, 0.2) is 0 Å². The van der Waals surface area contributed by atoms with E-state index >= 15 is 0 Å². The zero-order valence-electron chi connectivity index (χ0n) is 16.7. The van der Waals surface area contributed by atoms with Gasteiger partial charge in [-0.1, -0.05) is 19.1 Å². The Morgan fingerprint density at radius 2 is 1.68 bits per heavy atom. The number of aliphatic hydroxyl groups excluding tert-OH is 1. The maximum Gasteiger partial charge on any atom is 0.277 e. The monoisotopic (exact) mass is 387 g/mol. The standard InChI is InChI=1S/C21H29N3O4/c1-3-15-28-17-7-5-16(6-8-17)18-19(21(27)24(4-2)20(18)26)23-11-9-22(10-12-23)13-14-25/h5-8,25H,3-4,9-15H2,1-2H3. The maximum atomic E-state index is 13.0. The Bertz CT molecular complexity index is 737. The molecule has 152 valence electrons. The fourth-order valence-corrected chi connectivity index (χ4v) is 3.68. The van der Waals surface area contributed by atoms with E-state index in [1.54, 1.807) is 0 Å². The van der Waals surface area contributed by atoms with E-state index in [0.29, 0.717) is 44.1 Å². The smallest absolute Gasteiger partial charge is 0.277 e. The molecular formula is C21H29N3O4. The topological polar surface area (TPSA) is 73.3 Å². The van der Waals surface area contributed by atoms with Crippen molar-refractivity contribution in [3.63, 3.8) is 0 Å². The number of β-amino-alcohol motifs (C(OH)–C–C–N with tert-alkyl or cyclic N) is 1. The highest BCUT2D eigenvalue weighted by Gasteiger charge is 2.41. The molecule has 3 rings (SSSR count). The number of benzene rings is 1. The van der Waals surface area contributed by atoms with Crippen molar-refractivity contribution in [2.75, 3.05) is 52.5 Å². The summed E-state index contributed by atoms with van der Waals surface area (Å²) in [5.74, 6) is 0.307. The van der Waals surface area contributed by atoms with Gasteiger partial charge in [0.25, 0.3) is 11.8 Å². The van der Waals surface area contributed by atoms with Gasteiger partial charge in [-0.15, -0.1) is 0 Å². The molecule has 1 saturated heterocycles. The summed E-state index contributed by atoms with van der Waals surface area (Å²) in [6.45, 7) is 8.46. The largest absolute Gasteiger partial charge is 0.494 e. The van der Waals surface area contributed by atoms with E-state index < -0.39 is 0 Å². The highest BCUT2D eigenvalue weighted by atomic mass is 16.5. The van der Waals surface area contributed by atoms with Gasteiger partial charge in [0.1, 0.15) is 11.4 Å². The SMILES string of the molecule is CCCOc1ccc(C2=C(N3CCN(CCO)CC3)C(=O)N(CC)C2=O)cc1. The van der Waals surface area contributed by atoms with E-state index in [0.717, 1.165) is 30.8 Å². The van der Waals surface area contributed by atoms with E-state index in [9.17, 15) is 9.59 Å². The number of rotatable bonds is 8. The highest BCUT2D eigenvalue weighted by Crippen LogP contribution is 2.32. The summed E-state index contributed by atoms with van der Waals surface area (Å²) in [5, 5.41) is 9.13. The number of likely N-dealkylation sites (N-methyl/N-ethyl adjacent to an activating group) is 1. The lowest BCUT2D eigenvalue weighted by molar-refractivity contribution is -0.137. The lowest BCUT2D eigenvalue weighted by Crippen LogP contribution is -2.48. The second kappa shape index (κ2) is 9.21. The number of aliphatic hydroxyl groups is 1. The van der Waals surface area contributed by atoms with E-state index in [1.807, 2.05) is 43.0 Å². The van der Waals surface area contributed by atoms with Crippen molar-refractivity contribution in [2.24, 2.45) is 0 Å². The molecule has 2 aliphatic rings. The first-order valence-corrected chi connectivity index (χ1v) is 10.0. The van der Waals surface area contributed by atoms with Crippen molar-refractivity contribution < 1.29 is 19.4 Å². The number of piperazine rings is 1. The van der Waals surface area contributed by atoms with Gasteiger partial charge in [-0.05, 0) is 31.0 Å². The number of nitrogens with zero attached hydrogens (tertiary/aromatic N) is 3. The molecule has 0 atom stereocenters. The highest BCUT2D eigenvalue weighted by molar-refractivity contribution is 6.35. The van der Waals surface area contributed by atoms with E-state index in [4.69, 9.17) is 9.84 Å². The number of carbonyl (C=O) groups is 2. The van der Waals surface area contributed by atoms with Crippen molar-refractivity contribution in [1.29, 1.82) is 0 Å². The molecule has 1 fully saturated rings. The van der Waals surface area contributed by atoms with Crippen molar-refractivity contribution in [3.05, 3.63) is 35.5 Å². The molecule has 0 aromatic heterocycles. The third-order valence-corrected chi connectivity index (χ3v) is 5.18. The molecule has 2 amide bonds. The molecule has 0 saturated carbocycles. The molecule has 0 unspecified atom stereocenters. The van der Waals surface area contributed by atoms with Gasteiger partial charge < -0.3 is 14.7 Å². The molecule has 1 aromatic carbocycles. The molecule has 2 heterocycles. The minimum atomic E-state index is -0.234. The first-order valence-electron chi connectivity index (χ1n) is 10.0. The summed E-state index contributed by atoms with van der Waals surface area (Å²) >= 11 is 0. The minimum Gasteiger partial charge on any atom is -0.494 e. The number of imide groups is 1. The average molecular weight is 387 g/mol. The molecule has 28 heavy (non-hydrogen) atoms. The first-order chi connectivity index (χ1) is 13.6. The third-order valence-electron chi connectivity index (χ3n) is 5.18. The normalized spacial score (nSPS) is 18.4. The van der Waals surface area contributed by atoms with Crippen molar-refractivity contribution in [1.82, 2.24) is 14.7 Å². The van der Waals surface area contributed by atoms with Crippen molar-refractivity contribution in [2.45, 2.75) is 20.3 Å². The van der Waals surface area contributed by atoms with E-state index in [2.05, 4.69) is 4.90 Å². The second-order valence-electron chi connectivity index (χ2n) is 7.00. The van der Waals surface area contributed by atoms with Gasteiger partial charge in [0.2, 0.25) is 0 Å². The van der Waals surface area contributed by atoms with Crippen molar-refractivity contribution >= 4 is 17.4 Å². The van der Waals surface area contributed by atoms with Crippen LogP contribution in [-0.4, -0.2) is 84.1 Å². The van der Waals surface area contributed by atoms with Crippen LogP contribution in [0.2, 0.25) is 0 Å². The number of amides is 2. The molecule has 1 aromatic rings. The van der Waals surface area contributed by atoms with Crippen molar-refractivity contribution in [3.8, 4) is 5.75 Å². The van der Waals surface area contributed by atoms with Crippen LogP contribution in [0.15, 0.2) is 30.0 Å². The molecular weight excluding hydrogens is 358 g/mol. The summed E-state index contributed by atoms with van der Waals surface area (Å²) < 4.78 is 5.63. The zero-order chi connectivity index (χ0) is 20.1. The molecule has 2 aliphatic heterocycles. The van der Waals surface area contributed by atoms with Crippen LogP contribution >= 0.6 is 0 Å². The second-order valence-corrected chi connectivity index (χ2v) is 7.00. The average Bonchev–Trinajstić information content (AvgIpc) is 2.97. The number of ether oxygens (including phenoxy) is 1. The summed E-state index contributed by atoms with van der Waals surface area (Å²) in [6, 6.07) is 7.40. The van der Waals surface area contributed by atoms with Gasteiger partial charge >= 0.3 is 0 Å². The lowest BCUT2D eigenvalue weighted by Gasteiger charge is -2.36. The van der Waals surface area contributed by atoms with Gasteiger partial charge in [0, 0.05) is 39.3 Å². The Balaban J connectivity index is 1.89. The van der Waals surface area contributed by atoms with Gasteiger partial charge in [-0.25, -0.2) is 0 Å². The van der Waals surface area contributed by atoms with Crippen LogP contribution in [0.25, 0.3) is 5.57 Å². The Labute approximate surface area is 166 Å². The van der Waals surface area contributed by atoms with Crippen LogP contribution in [0.3, 0.4) is 0 Å². The Morgan fingerprint density at radius 3 is 2.25 bits per heavy atom. The van der Waals surface area contributed by atoms with Crippen LogP contribution in [0.5, 0.6) is 5.75 Å². The number of hydrogen-bond acceptors (Lipinski definition) is 6. The Morgan fingerprint density at radius 1 is 1.00 bits per heavy atom. The fraction of sp³-hybridized carbons (Fsp3) is 0.524.